The molecular weight excluding hydrogens is 244 g/mol. The van der Waals surface area contributed by atoms with Crippen LogP contribution in [0.5, 0.6) is 0 Å². The van der Waals surface area contributed by atoms with Gasteiger partial charge in [-0.1, -0.05) is 49.6 Å². The smallest absolute Gasteiger partial charge is 0.162 e. The molecule has 1 nitrogen and oxygen atoms in total. The van der Waals surface area contributed by atoms with E-state index in [1.165, 1.54) is 44.1 Å². The molecule has 0 bridgehead atoms. The molecular formula is C19H24O. The Hall–Kier alpha value is -1.37. The molecule has 0 amide bonds. The minimum absolute atomic E-state index is 0.319. The monoisotopic (exact) mass is 268 g/mol. The van der Waals surface area contributed by atoms with E-state index in [-0.39, 0.29) is 0 Å². The largest absolute Gasteiger partial charge is 0.294 e. The average molecular weight is 268 g/mol. The molecule has 1 heteroatoms. The molecule has 0 aliphatic heterocycles. The zero-order valence-electron chi connectivity index (χ0n) is 12.2. The summed E-state index contributed by atoms with van der Waals surface area (Å²) in [7, 11) is 0. The second kappa shape index (κ2) is 6.39. The summed E-state index contributed by atoms with van der Waals surface area (Å²) in [5, 5.41) is 0. The maximum Gasteiger partial charge on any atom is 0.162 e. The number of carbonyl (C=O) groups is 1. The van der Waals surface area contributed by atoms with Crippen LogP contribution in [-0.2, 0) is 4.79 Å². The van der Waals surface area contributed by atoms with Gasteiger partial charge in [0, 0.05) is 5.92 Å². The number of allylic oxidation sites excluding steroid dienone is 1. The minimum atomic E-state index is 0.319. The van der Waals surface area contributed by atoms with E-state index in [1.54, 1.807) is 0 Å². The summed E-state index contributed by atoms with van der Waals surface area (Å²) in [6.07, 6.45) is 12.0. The van der Waals surface area contributed by atoms with Crippen molar-refractivity contribution in [3.63, 3.8) is 0 Å². The van der Waals surface area contributed by atoms with Crippen LogP contribution in [0.15, 0.2) is 35.9 Å². The van der Waals surface area contributed by atoms with Crippen LogP contribution >= 0.6 is 0 Å². The SMILES string of the molecule is O=C1/C(=C\c2ccccc2)CCCC1C1CCCCC1. The third-order valence-electron chi connectivity index (χ3n) is 4.97. The van der Waals surface area contributed by atoms with Crippen LogP contribution in [0.3, 0.4) is 0 Å². The van der Waals surface area contributed by atoms with Gasteiger partial charge in [-0.25, -0.2) is 0 Å². The molecule has 0 aromatic heterocycles. The fourth-order valence-corrected chi connectivity index (χ4v) is 3.88. The Kier molecular flexibility index (Phi) is 4.34. The normalized spacial score (nSPS) is 26.9. The van der Waals surface area contributed by atoms with Crippen molar-refractivity contribution in [3.8, 4) is 0 Å². The van der Waals surface area contributed by atoms with Crippen molar-refractivity contribution >= 4 is 11.9 Å². The Labute approximate surface area is 122 Å². The summed E-state index contributed by atoms with van der Waals surface area (Å²) in [5.74, 6) is 1.43. The molecule has 2 fully saturated rings. The first kappa shape index (κ1) is 13.6. The Morgan fingerprint density at radius 2 is 1.65 bits per heavy atom. The molecule has 3 rings (SSSR count). The van der Waals surface area contributed by atoms with Crippen molar-refractivity contribution in [2.75, 3.05) is 0 Å². The highest BCUT2D eigenvalue weighted by Crippen LogP contribution is 2.38. The predicted octanol–water partition coefficient (Wildman–Crippen LogP) is 5.02. The fourth-order valence-electron chi connectivity index (χ4n) is 3.88. The van der Waals surface area contributed by atoms with Crippen molar-refractivity contribution in [1.29, 1.82) is 0 Å². The molecule has 2 aliphatic rings. The molecule has 20 heavy (non-hydrogen) atoms. The first-order valence-electron chi connectivity index (χ1n) is 8.14. The maximum atomic E-state index is 12.8. The van der Waals surface area contributed by atoms with Gasteiger partial charge in [0.2, 0.25) is 0 Å². The van der Waals surface area contributed by atoms with Crippen LogP contribution in [0.2, 0.25) is 0 Å². The lowest BCUT2D eigenvalue weighted by Gasteiger charge is -2.32. The van der Waals surface area contributed by atoms with Crippen LogP contribution < -0.4 is 0 Å². The molecule has 2 aliphatic carbocycles. The molecule has 0 N–H and O–H groups in total. The summed E-state index contributed by atoms with van der Waals surface area (Å²) < 4.78 is 0. The van der Waals surface area contributed by atoms with Crippen molar-refractivity contribution in [2.45, 2.75) is 51.4 Å². The van der Waals surface area contributed by atoms with Gasteiger partial charge >= 0.3 is 0 Å². The third kappa shape index (κ3) is 3.03. The molecule has 2 saturated carbocycles. The summed E-state index contributed by atoms with van der Waals surface area (Å²) in [5.41, 5.74) is 2.23. The molecule has 1 atom stereocenters. The Morgan fingerprint density at radius 1 is 0.900 bits per heavy atom. The standard InChI is InChI=1S/C19H24O/c20-19-17(14-15-8-3-1-4-9-15)12-7-13-18(19)16-10-5-2-6-11-16/h1,3-4,8-9,14,16,18H,2,5-7,10-13H2/b17-14-. The van der Waals surface area contributed by atoms with E-state index in [1.807, 2.05) is 18.2 Å². The lowest BCUT2D eigenvalue weighted by molar-refractivity contribution is -0.122. The minimum Gasteiger partial charge on any atom is -0.294 e. The first-order chi connectivity index (χ1) is 9.84. The molecule has 0 radical (unpaired) electrons. The first-order valence-corrected chi connectivity index (χ1v) is 8.14. The van der Waals surface area contributed by atoms with Crippen LogP contribution in [0, 0.1) is 11.8 Å². The molecule has 0 heterocycles. The highest BCUT2D eigenvalue weighted by Gasteiger charge is 2.33. The van der Waals surface area contributed by atoms with Gasteiger partial charge in [0.1, 0.15) is 0 Å². The van der Waals surface area contributed by atoms with Crippen molar-refractivity contribution in [2.24, 2.45) is 11.8 Å². The van der Waals surface area contributed by atoms with Crippen LogP contribution in [0.25, 0.3) is 6.08 Å². The number of benzene rings is 1. The van der Waals surface area contributed by atoms with Crippen LogP contribution in [-0.4, -0.2) is 5.78 Å². The second-order valence-corrected chi connectivity index (χ2v) is 6.34. The summed E-state index contributed by atoms with van der Waals surface area (Å²) in [6.45, 7) is 0. The van der Waals surface area contributed by atoms with Crippen LogP contribution in [0.1, 0.15) is 56.9 Å². The Balaban J connectivity index is 1.76. The van der Waals surface area contributed by atoms with Gasteiger partial charge in [0.25, 0.3) is 0 Å². The summed E-state index contributed by atoms with van der Waals surface area (Å²) >= 11 is 0. The van der Waals surface area contributed by atoms with E-state index in [4.69, 9.17) is 0 Å². The number of ketones is 1. The molecule has 1 aromatic rings. The topological polar surface area (TPSA) is 17.1 Å². The lowest BCUT2D eigenvalue weighted by Crippen LogP contribution is -2.30. The van der Waals surface area contributed by atoms with Crippen molar-refractivity contribution in [1.82, 2.24) is 0 Å². The molecule has 1 aromatic carbocycles. The second-order valence-electron chi connectivity index (χ2n) is 6.34. The average Bonchev–Trinajstić information content (AvgIpc) is 2.51. The number of rotatable bonds is 2. The highest BCUT2D eigenvalue weighted by atomic mass is 16.1. The predicted molar refractivity (Wildman–Crippen MR) is 83.3 cm³/mol. The van der Waals surface area contributed by atoms with Crippen LogP contribution in [0.4, 0.5) is 0 Å². The zero-order valence-corrected chi connectivity index (χ0v) is 12.2. The van der Waals surface area contributed by atoms with Gasteiger partial charge in [-0.05, 0) is 55.2 Å². The fraction of sp³-hybridized carbons (Fsp3) is 0.526. The van der Waals surface area contributed by atoms with Crippen molar-refractivity contribution < 1.29 is 4.79 Å². The molecule has 0 saturated heterocycles. The maximum absolute atomic E-state index is 12.8. The lowest BCUT2D eigenvalue weighted by atomic mass is 9.71. The van der Waals surface area contributed by atoms with Gasteiger partial charge in [0.15, 0.2) is 5.78 Å². The van der Waals surface area contributed by atoms with Gasteiger partial charge in [-0.15, -0.1) is 0 Å². The molecule has 1 unspecified atom stereocenters. The molecule has 106 valence electrons. The van der Waals surface area contributed by atoms with Gasteiger partial charge in [-0.2, -0.15) is 0 Å². The van der Waals surface area contributed by atoms with E-state index in [9.17, 15) is 4.79 Å². The highest BCUT2D eigenvalue weighted by molar-refractivity contribution is 6.01. The van der Waals surface area contributed by atoms with E-state index in [0.29, 0.717) is 17.6 Å². The third-order valence-corrected chi connectivity index (χ3v) is 4.97. The van der Waals surface area contributed by atoms with E-state index in [0.717, 1.165) is 18.4 Å². The van der Waals surface area contributed by atoms with E-state index >= 15 is 0 Å². The zero-order chi connectivity index (χ0) is 13.8. The summed E-state index contributed by atoms with van der Waals surface area (Å²) in [4.78, 5) is 12.8. The number of hydrogen-bond acceptors (Lipinski definition) is 1. The number of carbonyl (C=O) groups excluding carboxylic acids is 1. The number of Topliss-reactive ketones (excluding diaryl/α,β-unsaturated/α-hetero) is 1. The van der Waals surface area contributed by atoms with E-state index in [2.05, 4.69) is 18.2 Å². The Morgan fingerprint density at radius 3 is 2.40 bits per heavy atom. The quantitative estimate of drug-likeness (QED) is 0.688. The van der Waals surface area contributed by atoms with E-state index < -0.39 is 0 Å². The van der Waals surface area contributed by atoms with Gasteiger partial charge in [0.05, 0.1) is 0 Å². The summed E-state index contributed by atoms with van der Waals surface area (Å²) in [6, 6.07) is 10.3. The molecule has 0 spiro atoms. The van der Waals surface area contributed by atoms with Gasteiger partial charge in [-0.3, -0.25) is 4.79 Å². The van der Waals surface area contributed by atoms with Crippen molar-refractivity contribution in [3.05, 3.63) is 41.5 Å². The van der Waals surface area contributed by atoms with Gasteiger partial charge < -0.3 is 0 Å². The number of hydrogen-bond donors (Lipinski definition) is 0. The Bertz CT molecular complexity index is 480.